The second-order valence-corrected chi connectivity index (χ2v) is 8.23. The topological polar surface area (TPSA) is 41.1 Å². The molecule has 2 rings (SSSR count). The van der Waals surface area contributed by atoms with Gasteiger partial charge >= 0.3 is 0 Å². The van der Waals surface area contributed by atoms with E-state index in [1.807, 2.05) is 24.3 Å². The molecule has 1 aliphatic rings. The summed E-state index contributed by atoms with van der Waals surface area (Å²) in [5, 5.41) is 6.82. The van der Waals surface area contributed by atoms with E-state index in [1.165, 1.54) is 0 Å². The predicted octanol–water partition coefficient (Wildman–Crippen LogP) is 3.33. The number of rotatable bonds is 2. The molecule has 0 bridgehead atoms. The van der Waals surface area contributed by atoms with Crippen molar-refractivity contribution in [1.82, 2.24) is 10.6 Å². The van der Waals surface area contributed by atoms with Crippen molar-refractivity contribution in [2.75, 3.05) is 0 Å². The fourth-order valence-corrected chi connectivity index (χ4v) is 3.87. The zero-order chi connectivity index (χ0) is 15.0. The van der Waals surface area contributed by atoms with Gasteiger partial charge in [0.15, 0.2) is 0 Å². The molecule has 3 nitrogen and oxygen atoms in total. The lowest BCUT2D eigenvalue weighted by Crippen LogP contribution is -2.62. The minimum absolute atomic E-state index is 0.0296. The zero-order valence-electron chi connectivity index (χ0n) is 12.6. The molecule has 0 radical (unpaired) electrons. The summed E-state index contributed by atoms with van der Waals surface area (Å²) in [6.07, 6.45) is 1.90. The number of nitrogens with one attached hydrogen (secondary N) is 2. The highest BCUT2D eigenvalue weighted by molar-refractivity contribution is 14.1. The molecule has 1 fully saturated rings. The van der Waals surface area contributed by atoms with Gasteiger partial charge in [0.25, 0.3) is 5.91 Å². The van der Waals surface area contributed by atoms with Crippen molar-refractivity contribution >= 4 is 28.5 Å². The number of halogens is 1. The van der Waals surface area contributed by atoms with E-state index in [-0.39, 0.29) is 23.0 Å². The first kappa shape index (κ1) is 15.8. The SMILES string of the molecule is CC1(C)CC(NC(=O)c2cccc(I)c2)CC(C)(C)N1. The van der Waals surface area contributed by atoms with Gasteiger partial charge in [0, 0.05) is 26.3 Å². The van der Waals surface area contributed by atoms with Crippen LogP contribution in [-0.4, -0.2) is 23.0 Å². The number of amides is 1. The van der Waals surface area contributed by atoms with Crippen LogP contribution in [-0.2, 0) is 0 Å². The van der Waals surface area contributed by atoms with Crippen molar-refractivity contribution < 1.29 is 4.79 Å². The minimum atomic E-state index is 0.0296. The molecule has 2 N–H and O–H groups in total. The van der Waals surface area contributed by atoms with E-state index >= 15 is 0 Å². The molecule has 1 heterocycles. The van der Waals surface area contributed by atoms with Gasteiger partial charge in [-0.15, -0.1) is 0 Å². The molecule has 1 amide bonds. The summed E-state index contributed by atoms with van der Waals surface area (Å²) in [6, 6.07) is 7.93. The largest absolute Gasteiger partial charge is 0.349 e. The standard InChI is InChI=1S/C16H23IN2O/c1-15(2)9-13(10-16(3,4)19-15)18-14(20)11-6-5-7-12(17)8-11/h5-8,13,19H,9-10H2,1-4H3,(H,18,20). The Balaban J connectivity index is 2.08. The first-order valence-electron chi connectivity index (χ1n) is 7.03. The molecular weight excluding hydrogens is 363 g/mol. The highest BCUT2D eigenvalue weighted by atomic mass is 127. The van der Waals surface area contributed by atoms with Gasteiger partial charge in [-0.3, -0.25) is 4.79 Å². The first-order chi connectivity index (χ1) is 9.17. The van der Waals surface area contributed by atoms with E-state index < -0.39 is 0 Å². The predicted molar refractivity (Wildman–Crippen MR) is 90.9 cm³/mol. The van der Waals surface area contributed by atoms with Crippen molar-refractivity contribution in [1.29, 1.82) is 0 Å². The molecule has 110 valence electrons. The molecule has 0 aliphatic carbocycles. The zero-order valence-corrected chi connectivity index (χ0v) is 14.7. The van der Waals surface area contributed by atoms with Crippen molar-refractivity contribution in [2.24, 2.45) is 0 Å². The number of carbonyl (C=O) groups excluding carboxylic acids is 1. The third kappa shape index (κ3) is 4.19. The van der Waals surface area contributed by atoms with Crippen molar-refractivity contribution in [2.45, 2.75) is 57.7 Å². The summed E-state index contributed by atoms with van der Waals surface area (Å²) < 4.78 is 1.08. The molecule has 20 heavy (non-hydrogen) atoms. The molecule has 1 aromatic rings. The van der Waals surface area contributed by atoms with Crippen LogP contribution in [0.1, 0.15) is 50.9 Å². The molecule has 0 saturated carbocycles. The third-order valence-electron chi connectivity index (χ3n) is 3.61. The molecule has 0 aromatic heterocycles. The Labute approximate surface area is 135 Å². The molecular formula is C16H23IN2O. The van der Waals surface area contributed by atoms with Crippen LogP contribution in [0.15, 0.2) is 24.3 Å². The van der Waals surface area contributed by atoms with Gasteiger partial charge in [-0.25, -0.2) is 0 Å². The fraction of sp³-hybridized carbons (Fsp3) is 0.562. The molecule has 0 atom stereocenters. The summed E-state index contributed by atoms with van der Waals surface area (Å²) in [5.41, 5.74) is 0.835. The Morgan fingerprint density at radius 1 is 1.25 bits per heavy atom. The monoisotopic (exact) mass is 386 g/mol. The molecule has 0 spiro atoms. The Hall–Kier alpha value is -0.620. The normalized spacial score (nSPS) is 21.4. The third-order valence-corrected chi connectivity index (χ3v) is 4.28. The van der Waals surface area contributed by atoms with Crippen molar-refractivity contribution in [3.63, 3.8) is 0 Å². The van der Waals surface area contributed by atoms with Crippen LogP contribution in [0, 0.1) is 3.57 Å². The second-order valence-electron chi connectivity index (χ2n) is 6.98. The summed E-state index contributed by atoms with van der Waals surface area (Å²) >= 11 is 2.23. The highest BCUT2D eigenvalue weighted by Crippen LogP contribution is 2.28. The van der Waals surface area contributed by atoms with E-state index in [2.05, 4.69) is 60.9 Å². The lowest BCUT2D eigenvalue weighted by molar-refractivity contribution is 0.0873. The van der Waals surface area contributed by atoms with Gasteiger partial charge in [0.1, 0.15) is 0 Å². The number of hydrogen-bond acceptors (Lipinski definition) is 2. The number of hydrogen-bond donors (Lipinski definition) is 2. The number of carbonyl (C=O) groups is 1. The van der Waals surface area contributed by atoms with Gasteiger partial charge in [-0.05, 0) is 81.3 Å². The molecule has 1 aliphatic heterocycles. The molecule has 1 saturated heterocycles. The lowest BCUT2D eigenvalue weighted by atomic mass is 9.79. The average Bonchev–Trinajstić information content (AvgIpc) is 2.24. The van der Waals surface area contributed by atoms with Crippen LogP contribution < -0.4 is 10.6 Å². The van der Waals surface area contributed by atoms with Gasteiger partial charge in [-0.1, -0.05) is 6.07 Å². The van der Waals surface area contributed by atoms with E-state index in [0.717, 1.165) is 22.0 Å². The summed E-state index contributed by atoms with van der Waals surface area (Å²) in [5.74, 6) is 0.0296. The maximum absolute atomic E-state index is 12.4. The first-order valence-corrected chi connectivity index (χ1v) is 8.11. The smallest absolute Gasteiger partial charge is 0.251 e. The molecule has 0 unspecified atom stereocenters. The van der Waals surface area contributed by atoms with Crippen molar-refractivity contribution in [3.05, 3.63) is 33.4 Å². The quantitative estimate of drug-likeness (QED) is 0.766. The lowest BCUT2D eigenvalue weighted by Gasteiger charge is -2.46. The Morgan fingerprint density at radius 3 is 2.40 bits per heavy atom. The summed E-state index contributed by atoms with van der Waals surface area (Å²) in [7, 11) is 0. The van der Waals surface area contributed by atoms with Gasteiger partial charge in [0.2, 0.25) is 0 Å². The summed E-state index contributed by atoms with van der Waals surface area (Å²) in [6.45, 7) is 8.77. The van der Waals surface area contributed by atoms with Crippen molar-refractivity contribution in [3.8, 4) is 0 Å². The van der Waals surface area contributed by atoms with Crippen LogP contribution in [0.3, 0.4) is 0 Å². The van der Waals surface area contributed by atoms with Gasteiger partial charge < -0.3 is 10.6 Å². The maximum atomic E-state index is 12.4. The van der Waals surface area contributed by atoms with Crippen LogP contribution >= 0.6 is 22.6 Å². The van der Waals surface area contributed by atoms with Gasteiger partial charge in [0.05, 0.1) is 0 Å². The Kier molecular flexibility index (Phi) is 4.44. The average molecular weight is 386 g/mol. The fourth-order valence-electron chi connectivity index (χ4n) is 3.32. The van der Waals surface area contributed by atoms with E-state index in [9.17, 15) is 4.79 Å². The van der Waals surface area contributed by atoms with E-state index in [0.29, 0.717) is 0 Å². The second kappa shape index (κ2) is 5.64. The van der Waals surface area contributed by atoms with Crippen LogP contribution in [0.25, 0.3) is 0 Å². The molecule has 4 heteroatoms. The van der Waals surface area contributed by atoms with Crippen LogP contribution in [0.4, 0.5) is 0 Å². The minimum Gasteiger partial charge on any atom is -0.349 e. The van der Waals surface area contributed by atoms with Crippen LogP contribution in [0.2, 0.25) is 0 Å². The van der Waals surface area contributed by atoms with E-state index in [4.69, 9.17) is 0 Å². The Morgan fingerprint density at radius 2 is 1.85 bits per heavy atom. The maximum Gasteiger partial charge on any atom is 0.251 e. The number of piperidine rings is 1. The highest BCUT2D eigenvalue weighted by Gasteiger charge is 2.38. The summed E-state index contributed by atoms with van der Waals surface area (Å²) in [4.78, 5) is 12.4. The Bertz CT molecular complexity index is 495. The van der Waals surface area contributed by atoms with Crippen LogP contribution in [0.5, 0.6) is 0 Å². The molecule has 1 aromatic carbocycles. The van der Waals surface area contributed by atoms with Gasteiger partial charge in [-0.2, -0.15) is 0 Å². The number of benzene rings is 1. The van der Waals surface area contributed by atoms with E-state index in [1.54, 1.807) is 0 Å².